The Balaban J connectivity index is 1.67. The maximum atomic E-state index is 5.65. The number of aryl methyl sites for hydroxylation is 4. The van der Waals surface area contributed by atoms with Gasteiger partial charge in [0, 0.05) is 10.8 Å². The molecule has 0 atom stereocenters. The average molecular weight is 565 g/mol. The molecular formula is C38H44O4. The van der Waals surface area contributed by atoms with Crippen LogP contribution in [0.3, 0.4) is 0 Å². The molecule has 0 spiro atoms. The van der Waals surface area contributed by atoms with Crippen molar-refractivity contribution in [1.82, 2.24) is 0 Å². The predicted molar refractivity (Wildman–Crippen MR) is 171 cm³/mol. The molecule has 4 nitrogen and oxygen atoms in total. The number of rotatable bonds is 8. The van der Waals surface area contributed by atoms with Crippen LogP contribution in [0.4, 0.5) is 0 Å². The van der Waals surface area contributed by atoms with Crippen LogP contribution in [-0.4, -0.2) is 28.4 Å². The molecule has 1 saturated carbocycles. The van der Waals surface area contributed by atoms with Gasteiger partial charge in [-0.05, 0) is 122 Å². The number of ether oxygens (including phenoxy) is 4. The highest BCUT2D eigenvalue weighted by Crippen LogP contribution is 2.55. The Bertz CT molecular complexity index is 1350. The lowest BCUT2D eigenvalue weighted by molar-refractivity contribution is 0.256. The normalized spacial score (nSPS) is 15.6. The van der Waals surface area contributed by atoms with Gasteiger partial charge in [0.25, 0.3) is 0 Å². The monoisotopic (exact) mass is 564 g/mol. The zero-order chi connectivity index (χ0) is 30.1. The van der Waals surface area contributed by atoms with Gasteiger partial charge in [-0.25, -0.2) is 0 Å². The summed E-state index contributed by atoms with van der Waals surface area (Å²) < 4.78 is 22.6. The predicted octanol–water partition coefficient (Wildman–Crippen LogP) is 8.80. The van der Waals surface area contributed by atoms with E-state index in [2.05, 4.69) is 100 Å². The molecule has 4 heteroatoms. The Morgan fingerprint density at radius 2 is 0.595 bits per heavy atom. The molecule has 1 fully saturated rings. The minimum atomic E-state index is -0.138. The van der Waals surface area contributed by atoms with Gasteiger partial charge < -0.3 is 18.9 Å². The largest absolute Gasteiger partial charge is 0.496 e. The molecule has 0 N–H and O–H groups in total. The third kappa shape index (κ3) is 5.02. The molecule has 0 amide bonds. The lowest BCUT2D eigenvalue weighted by Crippen LogP contribution is -2.41. The Kier molecular flexibility index (Phi) is 8.28. The standard InChI is InChI=1S/C38H44O4/c1-25-21-29(9-13-33(25)39-5)37(30-10-14-34(40-6)26(2)22-30)17-19-38(20-18-37,31-11-15-35(41-7)27(3)23-31)32-12-16-36(42-8)28(4)24-32/h9-16,21-24H,17-20H2,1-8H3. The van der Waals surface area contributed by atoms with Crippen molar-refractivity contribution >= 4 is 0 Å². The summed E-state index contributed by atoms with van der Waals surface area (Å²) in [5.74, 6) is 3.69. The second-order valence-corrected chi connectivity index (χ2v) is 11.9. The van der Waals surface area contributed by atoms with E-state index >= 15 is 0 Å². The molecule has 0 heterocycles. The van der Waals surface area contributed by atoms with Gasteiger partial charge in [0.2, 0.25) is 0 Å². The van der Waals surface area contributed by atoms with Gasteiger partial charge in [-0.2, -0.15) is 0 Å². The molecule has 0 aliphatic heterocycles. The third-order valence-electron chi connectivity index (χ3n) is 9.75. The van der Waals surface area contributed by atoms with Crippen molar-refractivity contribution in [3.8, 4) is 23.0 Å². The van der Waals surface area contributed by atoms with Gasteiger partial charge in [0.05, 0.1) is 28.4 Å². The Labute approximate surface area is 251 Å². The first kappa shape index (κ1) is 29.6. The molecule has 0 aromatic heterocycles. The molecule has 0 bridgehead atoms. The minimum absolute atomic E-state index is 0.138. The van der Waals surface area contributed by atoms with Crippen molar-refractivity contribution in [1.29, 1.82) is 0 Å². The van der Waals surface area contributed by atoms with Crippen LogP contribution in [0.15, 0.2) is 72.8 Å². The number of methoxy groups -OCH3 is 4. The van der Waals surface area contributed by atoms with Crippen LogP contribution in [0.25, 0.3) is 0 Å². The molecule has 220 valence electrons. The van der Waals surface area contributed by atoms with Crippen molar-refractivity contribution in [2.75, 3.05) is 28.4 Å². The zero-order valence-corrected chi connectivity index (χ0v) is 26.4. The topological polar surface area (TPSA) is 36.9 Å². The molecule has 4 aromatic carbocycles. The van der Waals surface area contributed by atoms with Gasteiger partial charge in [-0.1, -0.05) is 48.5 Å². The third-order valence-corrected chi connectivity index (χ3v) is 9.75. The fourth-order valence-corrected chi connectivity index (χ4v) is 7.30. The van der Waals surface area contributed by atoms with Crippen molar-refractivity contribution in [3.05, 3.63) is 117 Å². The van der Waals surface area contributed by atoms with Crippen LogP contribution >= 0.6 is 0 Å². The molecule has 0 radical (unpaired) electrons. The molecule has 4 aromatic rings. The summed E-state index contributed by atoms with van der Waals surface area (Å²) in [6, 6.07) is 26.9. The summed E-state index contributed by atoms with van der Waals surface area (Å²) in [5.41, 5.74) is 9.74. The summed E-state index contributed by atoms with van der Waals surface area (Å²) in [5, 5.41) is 0. The highest BCUT2D eigenvalue weighted by atomic mass is 16.5. The number of benzene rings is 4. The SMILES string of the molecule is COc1ccc(C2(c3ccc(OC)c(C)c3)CCC(c3ccc(OC)c(C)c3)(c3ccc(OC)c(C)c3)CC2)cc1C. The smallest absolute Gasteiger partial charge is 0.121 e. The first-order valence-corrected chi connectivity index (χ1v) is 14.8. The van der Waals surface area contributed by atoms with Crippen molar-refractivity contribution in [2.45, 2.75) is 64.2 Å². The van der Waals surface area contributed by atoms with E-state index in [9.17, 15) is 0 Å². The van der Waals surface area contributed by atoms with Crippen LogP contribution in [-0.2, 0) is 10.8 Å². The highest BCUT2D eigenvalue weighted by Gasteiger charge is 2.47. The molecule has 0 unspecified atom stereocenters. The summed E-state index contributed by atoms with van der Waals surface area (Å²) >= 11 is 0. The molecule has 5 rings (SSSR count). The second-order valence-electron chi connectivity index (χ2n) is 11.9. The van der Waals surface area contributed by atoms with E-state index < -0.39 is 0 Å². The molecule has 1 aliphatic carbocycles. The fraction of sp³-hybridized carbons (Fsp3) is 0.368. The van der Waals surface area contributed by atoms with Gasteiger partial charge in [0.15, 0.2) is 0 Å². The Morgan fingerprint density at radius 3 is 0.762 bits per heavy atom. The highest BCUT2D eigenvalue weighted by molar-refractivity contribution is 5.53. The molecule has 42 heavy (non-hydrogen) atoms. The molecule has 1 aliphatic rings. The van der Waals surface area contributed by atoms with Crippen molar-refractivity contribution < 1.29 is 18.9 Å². The van der Waals surface area contributed by atoms with Gasteiger partial charge >= 0.3 is 0 Å². The Hall–Kier alpha value is -3.92. The maximum absolute atomic E-state index is 5.65. The van der Waals surface area contributed by atoms with E-state index in [4.69, 9.17) is 18.9 Å². The second kappa shape index (κ2) is 11.8. The van der Waals surface area contributed by atoms with E-state index in [1.54, 1.807) is 28.4 Å². The zero-order valence-electron chi connectivity index (χ0n) is 26.4. The van der Waals surface area contributed by atoms with Gasteiger partial charge in [-0.3, -0.25) is 0 Å². The molecular weight excluding hydrogens is 520 g/mol. The lowest BCUT2D eigenvalue weighted by Gasteiger charge is -2.48. The first-order valence-electron chi connectivity index (χ1n) is 14.8. The Morgan fingerprint density at radius 1 is 0.381 bits per heavy atom. The van der Waals surface area contributed by atoms with E-state index in [-0.39, 0.29) is 10.8 Å². The summed E-state index contributed by atoms with van der Waals surface area (Å²) in [6.07, 6.45) is 4.00. The van der Waals surface area contributed by atoms with Crippen LogP contribution in [0.1, 0.15) is 70.2 Å². The number of hydrogen-bond acceptors (Lipinski definition) is 4. The van der Waals surface area contributed by atoms with Crippen LogP contribution in [0.2, 0.25) is 0 Å². The summed E-state index contributed by atoms with van der Waals surface area (Å²) in [6.45, 7) is 8.57. The minimum Gasteiger partial charge on any atom is -0.496 e. The van der Waals surface area contributed by atoms with Gasteiger partial charge in [-0.15, -0.1) is 0 Å². The fourth-order valence-electron chi connectivity index (χ4n) is 7.30. The van der Waals surface area contributed by atoms with E-state index in [1.165, 1.54) is 22.3 Å². The van der Waals surface area contributed by atoms with Crippen LogP contribution in [0.5, 0.6) is 23.0 Å². The quantitative estimate of drug-likeness (QED) is 0.214. The maximum Gasteiger partial charge on any atom is 0.121 e. The van der Waals surface area contributed by atoms with Crippen LogP contribution < -0.4 is 18.9 Å². The van der Waals surface area contributed by atoms with E-state index in [0.29, 0.717) is 0 Å². The van der Waals surface area contributed by atoms with E-state index in [0.717, 1.165) is 70.9 Å². The number of hydrogen-bond donors (Lipinski definition) is 0. The van der Waals surface area contributed by atoms with Gasteiger partial charge in [0.1, 0.15) is 23.0 Å². The lowest BCUT2D eigenvalue weighted by atomic mass is 9.55. The molecule has 0 saturated heterocycles. The van der Waals surface area contributed by atoms with Crippen molar-refractivity contribution in [3.63, 3.8) is 0 Å². The first-order chi connectivity index (χ1) is 20.2. The summed E-state index contributed by atoms with van der Waals surface area (Å²) in [4.78, 5) is 0. The average Bonchev–Trinajstić information content (AvgIpc) is 3.01. The van der Waals surface area contributed by atoms with E-state index in [1.807, 2.05) is 0 Å². The van der Waals surface area contributed by atoms with Crippen LogP contribution in [0, 0.1) is 27.7 Å². The van der Waals surface area contributed by atoms with Crippen molar-refractivity contribution in [2.24, 2.45) is 0 Å². The summed E-state index contributed by atoms with van der Waals surface area (Å²) in [7, 11) is 6.97.